The van der Waals surface area contributed by atoms with E-state index in [1.807, 2.05) is 80.6 Å². The Hall–Kier alpha value is -1.85. The molecule has 0 amide bonds. The van der Waals surface area contributed by atoms with Gasteiger partial charge in [-0.15, -0.1) is 0 Å². The molecule has 8 aliphatic rings. The first-order valence-electron chi connectivity index (χ1n) is 39.6. The highest BCUT2D eigenvalue weighted by molar-refractivity contribution is 6.63. The van der Waals surface area contributed by atoms with Gasteiger partial charge in [0.15, 0.2) is 29.5 Å². The molecule has 26 nitrogen and oxygen atoms in total. The van der Waals surface area contributed by atoms with E-state index >= 15 is 0 Å². The molecule has 0 spiro atoms. The summed E-state index contributed by atoms with van der Waals surface area (Å²) in [4.78, 5) is 30.8. The molecular weight excluding hydrogens is 1480 g/mol. The number of alkyl halides is 3. The first-order valence-corrected chi connectivity index (χ1v) is 40.9. The van der Waals surface area contributed by atoms with E-state index in [0.717, 1.165) is 5.56 Å². The molecule has 0 saturated carbocycles. The summed E-state index contributed by atoms with van der Waals surface area (Å²) in [6.45, 7) is 37.3. The Morgan fingerprint density at radius 1 is 0.578 bits per heavy atom. The molecule has 109 heavy (non-hydrogen) atoms. The minimum absolute atomic E-state index is 0.0575. The largest absolute Gasteiger partial charge is 0.459 e. The summed E-state index contributed by atoms with van der Waals surface area (Å²) >= 11 is 14.4. The zero-order valence-electron chi connectivity index (χ0n) is 69.0. The van der Waals surface area contributed by atoms with Crippen molar-refractivity contribution >= 4 is 46.7 Å². The lowest BCUT2D eigenvalue weighted by molar-refractivity contribution is -0.318. The number of nitrogens with zero attached hydrogens (tertiary/aromatic N) is 1. The molecule has 8 heterocycles. The standard InChI is InChI=1S/C43H71NO12.C36H65NO12.CHCl3/c1-13-31(45)43(10,49)38-25(4)34-23(2)20-42(9,56-34)37(55-40-33(46)30(19-24(3)51-40)44(11)22-29-17-15-14-16-18-29)26(5)35(27(6)39(48)54-38)53-32-21-41(8,50-12)36(47)28(7)52-32;1-13-24(38)36(10,42)31-19(4)27-17(2)15-35(9,49-27)30(48-33-26(39)23(37-11)14-18(3)44-33)20(5)28(21(6)32(41)47-31)46-25-16-34(8,43-12)29(40)22(7)45-25;2-1(3)4/h14-18,23-28,30-38,40,45-47,49H,13,19-22H2,1-12H3;17-31,33,37-40,42H,13-16H2,1-12H3;1H/t23?,24?,25-,26-,27+,28?,30?,31+,32-,33?,34?,35-,36-,37+,38+,40-,41?,42+,43+;17?,18?,19-,20-,21+,22?,23?,24+,25-,26?,27?,28-,29-,30+,31+,33-,34?,35+,36+;/m00./s1. The van der Waals surface area contributed by atoms with Crippen LogP contribution in [0.15, 0.2) is 30.3 Å². The molecule has 9 N–H and O–H groups in total. The molecule has 4 bridgehead atoms. The van der Waals surface area contributed by atoms with Crippen LogP contribution in [0.3, 0.4) is 0 Å². The van der Waals surface area contributed by atoms with Gasteiger partial charge >= 0.3 is 11.9 Å². The van der Waals surface area contributed by atoms with Crippen LogP contribution in [-0.4, -0.2) is 271 Å². The number of nitrogens with one attached hydrogen (secondary N) is 1. The topological polar surface area (TPSA) is 340 Å². The number of fused-ring (bicyclic) bond motifs is 4. The summed E-state index contributed by atoms with van der Waals surface area (Å²) in [5, 5.41) is 94.1. The zero-order chi connectivity index (χ0) is 81.9. The number of aliphatic hydroxyl groups is 8. The Morgan fingerprint density at radius 3 is 1.32 bits per heavy atom. The number of benzene rings is 1. The number of hydrogen-bond donors (Lipinski definition) is 9. The van der Waals surface area contributed by atoms with E-state index in [4.69, 9.17) is 101 Å². The van der Waals surface area contributed by atoms with Crippen LogP contribution >= 0.6 is 34.8 Å². The number of aliphatic hydroxyl groups excluding tert-OH is 6. The van der Waals surface area contributed by atoms with Gasteiger partial charge in [-0.3, -0.25) is 14.5 Å². The summed E-state index contributed by atoms with van der Waals surface area (Å²) in [5.74, 6) is -5.43. The number of ether oxygens (including phenoxy) is 14. The highest BCUT2D eigenvalue weighted by atomic mass is 35.6. The molecule has 0 radical (unpaired) electrons. The highest BCUT2D eigenvalue weighted by Crippen LogP contribution is 2.52. The fourth-order valence-electron chi connectivity index (χ4n) is 19.1. The van der Waals surface area contributed by atoms with Crippen molar-refractivity contribution in [3.05, 3.63) is 35.9 Å². The minimum atomic E-state index is -1.80. The normalized spacial score (nSPS) is 46.2. The lowest BCUT2D eigenvalue weighted by Gasteiger charge is -2.48. The van der Waals surface area contributed by atoms with Gasteiger partial charge in [0, 0.05) is 69.4 Å². The number of rotatable bonds is 20. The Morgan fingerprint density at radius 2 is 0.954 bits per heavy atom. The van der Waals surface area contributed by atoms with Crippen LogP contribution < -0.4 is 5.32 Å². The van der Waals surface area contributed by atoms with Gasteiger partial charge in [0.2, 0.25) is 0 Å². The zero-order valence-corrected chi connectivity index (χ0v) is 71.3. The summed E-state index contributed by atoms with van der Waals surface area (Å²) < 4.78 is 89.7. The van der Waals surface area contributed by atoms with E-state index in [2.05, 4.69) is 36.2 Å². The summed E-state index contributed by atoms with van der Waals surface area (Å²) in [6.07, 6.45) is -15.1. The lowest BCUT2D eigenvalue weighted by atomic mass is 9.76. The van der Waals surface area contributed by atoms with Crippen molar-refractivity contribution in [3.63, 3.8) is 0 Å². The van der Waals surface area contributed by atoms with Crippen molar-refractivity contribution in [2.75, 3.05) is 28.3 Å². The minimum Gasteiger partial charge on any atom is -0.459 e. The second-order valence-corrected chi connectivity index (χ2v) is 36.5. The van der Waals surface area contributed by atoms with E-state index < -0.39 is 208 Å². The van der Waals surface area contributed by atoms with Crippen molar-refractivity contribution in [2.45, 2.75) is 381 Å². The molecule has 0 aromatic heterocycles. The van der Waals surface area contributed by atoms with Crippen LogP contribution in [0.4, 0.5) is 0 Å². The van der Waals surface area contributed by atoms with Crippen molar-refractivity contribution in [2.24, 2.45) is 47.3 Å². The number of hydrogen-bond acceptors (Lipinski definition) is 26. The number of likely N-dealkylation sites (N-methyl/N-ethyl adjacent to an activating group) is 2. The van der Waals surface area contributed by atoms with Gasteiger partial charge in [0.05, 0.1) is 107 Å². The number of esters is 2. The van der Waals surface area contributed by atoms with Gasteiger partial charge < -0.3 is 112 Å². The van der Waals surface area contributed by atoms with E-state index in [0.29, 0.717) is 32.2 Å². The monoisotopic (exact) mass is 1610 g/mol. The van der Waals surface area contributed by atoms with Gasteiger partial charge in [-0.25, -0.2) is 0 Å². The summed E-state index contributed by atoms with van der Waals surface area (Å²) in [6, 6.07) is 9.56. The van der Waals surface area contributed by atoms with E-state index in [-0.39, 0.29) is 61.8 Å². The fraction of sp³-hybridized carbons (Fsp3) is 0.900. The van der Waals surface area contributed by atoms with Crippen LogP contribution in [0.25, 0.3) is 0 Å². The SMILES string of the molecule is CC[C@@H](O)[C@@](C)(O)[C@@H]1OC(=O)[C@H](C)[C@@H](O[C@H]2CC(C)(OC)[C@@H](O)C(C)O2)[C@H](C)[C@@H](O[C@@H]2OC(C)CC(N(C)Cc3ccccc3)C2O)[C@@]2(C)CC(C)C(O2)[C@@H]1C.CC[C@@H](O)[C@@](C)(O)[C@@H]1OC(=O)[C@H](C)[C@@H](O[C@H]2CC(C)(OC)[C@@H](O)C(C)O2)[C@H](C)[C@@H](O[C@@H]2OC(C)CC(NC)C2O)[C@@]2(C)CC(C)C(O2)[C@@H]1C.ClC(Cl)Cl. The van der Waals surface area contributed by atoms with Crippen LogP contribution in [0.5, 0.6) is 0 Å². The third kappa shape index (κ3) is 21.4. The first kappa shape index (κ1) is 94.3. The van der Waals surface area contributed by atoms with E-state index in [9.17, 15) is 50.4 Å². The van der Waals surface area contributed by atoms with Crippen LogP contribution in [0.1, 0.15) is 195 Å². The Balaban J connectivity index is 0.000000291. The maximum Gasteiger partial charge on any atom is 0.311 e. The molecule has 1 aromatic carbocycles. The van der Waals surface area contributed by atoms with Gasteiger partial charge in [-0.05, 0) is 153 Å². The quantitative estimate of drug-likeness (QED) is 0.0436. The van der Waals surface area contributed by atoms with E-state index in [1.54, 1.807) is 62.4 Å². The second kappa shape index (κ2) is 38.7. The molecule has 632 valence electrons. The predicted octanol–water partition coefficient (Wildman–Crippen LogP) is 8.46. The van der Waals surface area contributed by atoms with Crippen molar-refractivity contribution in [3.8, 4) is 0 Å². The molecule has 38 atom stereocenters. The summed E-state index contributed by atoms with van der Waals surface area (Å²) in [5.41, 5.74) is -6.37. The summed E-state index contributed by atoms with van der Waals surface area (Å²) in [7, 11) is 6.85. The highest BCUT2D eigenvalue weighted by Gasteiger charge is 2.62. The molecule has 1 aromatic rings. The van der Waals surface area contributed by atoms with Crippen LogP contribution in [-0.2, 0) is 82.4 Å². The molecule has 8 aliphatic heterocycles. The second-order valence-electron chi connectivity index (χ2n) is 34.6. The third-order valence-electron chi connectivity index (χ3n) is 25.7. The smallest absolute Gasteiger partial charge is 0.311 e. The number of cyclic esters (lactones) is 2. The molecule has 14 unspecified atom stereocenters. The number of halogens is 3. The average Bonchev–Trinajstić information content (AvgIpc) is 1.63. The van der Waals surface area contributed by atoms with Crippen LogP contribution in [0.2, 0.25) is 0 Å². The van der Waals surface area contributed by atoms with Gasteiger partial charge in [0.25, 0.3) is 0 Å². The van der Waals surface area contributed by atoms with Crippen LogP contribution in [0, 0.1) is 47.3 Å². The first-order chi connectivity index (χ1) is 50.6. The van der Waals surface area contributed by atoms with Gasteiger partial charge in [-0.2, -0.15) is 0 Å². The molecule has 8 fully saturated rings. The number of methoxy groups -OCH3 is 2. The third-order valence-corrected chi connectivity index (χ3v) is 25.7. The van der Waals surface area contributed by atoms with Crippen molar-refractivity contribution < 1.29 is 117 Å². The maximum atomic E-state index is 14.4. The Labute approximate surface area is 663 Å². The van der Waals surface area contributed by atoms with E-state index in [1.165, 1.54) is 28.1 Å². The Bertz CT molecular complexity index is 2990. The number of carbonyl (C=O) groups excluding carboxylic acids is 2. The van der Waals surface area contributed by atoms with Gasteiger partial charge in [0.1, 0.15) is 47.8 Å². The maximum absolute atomic E-state index is 14.4. The fourth-order valence-corrected chi connectivity index (χ4v) is 19.1. The molecule has 8 saturated heterocycles. The van der Waals surface area contributed by atoms with Crippen molar-refractivity contribution in [1.29, 1.82) is 0 Å². The molecule has 29 heteroatoms. The predicted molar refractivity (Wildman–Crippen MR) is 409 cm³/mol. The molecule has 9 rings (SSSR count). The average molecular weight is 1620 g/mol. The lowest BCUT2D eigenvalue weighted by Crippen LogP contribution is -2.60. The number of carbonyl (C=O) groups is 2. The van der Waals surface area contributed by atoms with Crippen molar-refractivity contribution in [1.82, 2.24) is 10.2 Å². The van der Waals surface area contributed by atoms with Gasteiger partial charge in [-0.1, -0.05) is 121 Å². The Kier molecular flexibility index (Phi) is 33.5. The molecular formula is C80H137Cl3N2O24. The molecule has 0 aliphatic carbocycles.